The fourth-order valence-corrected chi connectivity index (χ4v) is 2.25. The van der Waals surface area contributed by atoms with Gasteiger partial charge < -0.3 is 0 Å². The van der Waals surface area contributed by atoms with Crippen LogP contribution in [0.25, 0.3) is 0 Å². The third-order valence-electron chi connectivity index (χ3n) is 1.99. The Morgan fingerprint density at radius 2 is 1.55 bits per heavy atom. The van der Waals surface area contributed by atoms with E-state index in [2.05, 4.69) is 54.1 Å². The van der Waals surface area contributed by atoms with Crippen LogP contribution in [0.3, 0.4) is 0 Å². The van der Waals surface area contributed by atoms with Gasteiger partial charge in [-0.15, -0.1) is 0 Å². The van der Waals surface area contributed by atoms with E-state index in [1.165, 1.54) is 21.6 Å². The minimum absolute atomic E-state index is 1.35. The van der Waals surface area contributed by atoms with E-state index in [4.69, 9.17) is 0 Å². The molecule has 60 valence electrons. The molecule has 1 aromatic carbocycles. The Morgan fingerprint density at radius 1 is 1.09 bits per heavy atom. The van der Waals surface area contributed by atoms with Crippen molar-refractivity contribution < 1.29 is 0 Å². The summed E-state index contributed by atoms with van der Waals surface area (Å²) in [6, 6.07) is 4.47. The summed E-state index contributed by atoms with van der Waals surface area (Å²) in [6.07, 6.45) is 0. The Kier molecular flexibility index (Phi) is 3.25. The van der Waals surface area contributed by atoms with E-state index in [1.54, 1.807) is 8.93 Å². The van der Waals surface area contributed by atoms with Crippen LogP contribution in [0.1, 0.15) is 16.7 Å². The number of hydrogen-bond acceptors (Lipinski definition) is 1. The first-order valence-electron chi connectivity index (χ1n) is 3.51. The summed E-state index contributed by atoms with van der Waals surface area (Å²) in [5.74, 6) is 0. The SMILES string of the molecule is Cc1cc(SI)cc(C)c1C. The first-order chi connectivity index (χ1) is 5.15. The zero-order valence-corrected chi connectivity index (χ0v) is 9.91. The molecule has 0 heterocycles. The van der Waals surface area contributed by atoms with Crippen LogP contribution < -0.4 is 0 Å². The summed E-state index contributed by atoms with van der Waals surface area (Å²) in [7, 11) is 1.78. The quantitative estimate of drug-likeness (QED) is 0.698. The molecule has 0 fully saturated rings. The number of benzene rings is 1. The molecule has 0 aromatic heterocycles. The summed E-state index contributed by atoms with van der Waals surface area (Å²) in [5, 5.41) is 0. The first-order valence-corrected chi connectivity index (χ1v) is 6.87. The molecule has 0 aliphatic rings. The molecule has 0 radical (unpaired) electrons. The lowest BCUT2D eigenvalue weighted by molar-refractivity contribution is 1.22. The molecule has 0 saturated heterocycles. The van der Waals surface area contributed by atoms with Gasteiger partial charge in [-0.05, 0) is 49.6 Å². The van der Waals surface area contributed by atoms with E-state index in [9.17, 15) is 0 Å². The van der Waals surface area contributed by atoms with Crippen molar-refractivity contribution in [1.29, 1.82) is 0 Å². The monoisotopic (exact) mass is 278 g/mol. The standard InChI is InChI=1S/C9H11IS/c1-6-4-9(11-10)5-7(2)8(6)3/h4-5H,1-3H3. The Labute approximate surface area is 84.4 Å². The minimum atomic E-state index is 1.35. The molecule has 1 aromatic rings. The van der Waals surface area contributed by atoms with E-state index in [1.807, 2.05) is 0 Å². The third-order valence-corrected chi connectivity index (χ3v) is 3.93. The van der Waals surface area contributed by atoms with E-state index in [-0.39, 0.29) is 0 Å². The lowest BCUT2D eigenvalue weighted by atomic mass is 10.1. The molecule has 0 nitrogen and oxygen atoms in total. The average Bonchev–Trinajstić information content (AvgIpc) is 1.99. The lowest BCUT2D eigenvalue weighted by Crippen LogP contribution is -1.85. The van der Waals surface area contributed by atoms with Crippen molar-refractivity contribution in [3.63, 3.8) is 0 Å². The van der Waals surface area contributed by atoms with E-state index >= 15 is 0 Å². The number of halogens is 1. The smallest absolute Gasteiger partial charge is 0.0184 e. The molecule has 1 rings (SSSR count). The van der Waals surface area contributed by atoms with Gasteiger partial charge in [-0.3, -0.25) is 0 Å². The lowest BCUT2D eigenvalue weighted by Gasteiger charge is -2.05. The van der Waals surface area contributed by atoms with Crippen LogP contribution in [0.15, 0.2) is 17.0 Å². The highest BCUT2D eigenvalue weighted by Crippen LogP contribution is 2.28. The fraction of sp³-hybridized carbons (Fsp3) is 0.333. The molecule has 0 aliphatic heterocycles. The molecule has 0 bridgehead atoms. The van der Waals surface area contributed by atoms with Gasteiger partial charge in [-0.2, -0.15) is 0 Å². The van der Waals surface area contributed by atoms with Crippen molar-refractivity contribution in [2.24, 2.45) is 0 Å². The van der Waals surface area contributed by atoms with Gasteiger partial charge in [0.15, 0.2) is 0 Å². The zero-order chi connectivity index (χ0) is 8.43. The highest BCUT2D eigenvalue weighted by molar-refractivity contribution is 14.2. The van der Waals surface area contributed by atoms with Crippen LogP contribution in [0.5, 0.6) is 0 Å². The van der Waals surface area contributed by atoms with Gasteiger partial charge in [-0.1, -0.05) is 8.93 Å². The Bertz CT molecular complexity index is 245. The van der Waals surface area contributed by atoms with Gasteiger partial charge >= 0.3 is 0 Å². The second kappa shape index (κ2) is 3.81. The second-order valence-electron chi connectivity index (χ2n) is 2.76. The van der Waals surface area contributed by atoms with Gasteiger partial charge in [0, 0.05) is 26.1 Å². The molecule has 0 aliphatic carbocycles. The van der Waals surface area contributed by atoms with Crippen molar-refractivity contribution in [2.45, 2.75) is 25.7 Å². The van der Waals surface area contributed by atoms with E-state index in [0.717, 1.165) is 0 Å². The highest BCUT2D eigenvalue weighted by Gasteiger charge is 1.99. The molecule has 2 heteroatoms. The van der Waals surface area contributed by atoms with Crippen LogP contribution >= 0.6 is 30.1 Å². The van der Waals surface area contributed by atoms with E-state index in [0.29, 0.717) is 0 Å². The van der Waals surface area contributed by atoms with Crippen LogP contribution in [0, 0.1) is 20.8 Å². The molecule has 0 amide bonds. The largest absolute Gasteiger partial charge is 0.0530 e. The van der Waals surface area contributed by atoms with Gasteiger partial charge in [0.1, 0.15) is 0 Å². The number of rotatable bonds is 1. The second-order valence-corrected chi connectivity index (χ2v) is 4.71. The number of hydrogen-bond donors (Lipinski definition) is 0. The van der Waals surface area contributed by atoms with Gasteiger partial charge in [0.2, 0.25) is 0 Å². The molecule has 11 heavy (non-hydrogen) atoms. The molecular weight excluding hydrogens is 267 g/mol. The summed E-state index contributed by atoms with van der Waals surface area (Å²) >= 11 is 2.32. The van der Waals surface area contributed by atoms with Crippen LogP contribution in [-0.2, 0) is 0 Å². The maximum Gasteiger partial charge on any atom is 0.0184 e. The van der Waals surface area contributed by atoms with Crippen molar-refractivity contribution in [3.05, 3.63) is 28.8 Å². The summed E-state index contributed by atoms with van der Waals surface area (Å²) in [6.45, 7) is 6.50. The summed E-state index contributed by atoms with van der Waals surface area (Å²) in [4.78, 5) is 1.35. The molecule has 0 N–H and O–H groups in total. The minimum Gasteiger partial charge on any atom is -0.0530 e. The summed E-state index contributed by atoms with van der Waals surface area (Å²) < 4.78 is 0. The van der Waals surface area contributed by atoms with Crippen molar-refractivity contribution in [3.8, 4) is 0 Å². The third kappa shape index (κ3) is 2.12. The predicted molar refractivity (Wildman–Crippen MR) is 60.5 cm³/mol. The Morgan fingerprint density at radius 3 is 1.91 bits per heavy atom. The predicted octanol–water partition coefficient (Wildman–Crippen LogP) is 4.05. The Hall–Kier alpha value is 0.300. The van der Waals surface area contributed by atoms with Crippen LogP contribution in [0.4, 0.5) is 0 Å². The maximum atomic E-state index is 2.32. The molecule has 0 saturated carbocycles. The van der Waals surface area contributed by atoms with Crippen LogP contribution in [-0.4, -0.2) is 0 Å². The molecule has 0 atom stereocenters. The number of aryl methyl sites for hydroxylation is 2. The van der Waals surface area contributed by atoms with Gasteiger partial charge in [-0.25, -0.2) is 0 Å². The first kappa shape index (κ1) is 9.39. The topological polar surface area (TPSA) is 0 Å². The van der Waals surface area contributed by atoms with Crippen LogP contribution in [0.2, 0.25) is 0 Å². The highest BCUT2D eigenvalue weighted by atomic mass is 127. The van der Waals surface area contributed by atoms with Crippen molar-refractivity contribution >= 4 is 30.1 Å². The summed E-state index contributed by atoms with van der Waals surface area (Å²) in [5.41, 5.74) is 4.20. The van der Waals surface area contributed by atoms with E-state index < -0.39 is 0 Å². The normalized spacial score (nSPS) is 10.2. The molecule has 0 spiro atoms. The van der Waals surface area contributed by atoms with Crippen molar-refractivity contribution in [1.82, 2.24) is 0 Å². The maximum absolute atomic E-state index is 2.32. The van der Waals surface area contributed by atoms with Gasteiger partial charge in [0.25, 0.3) is 0 Å². The molecule has 0 unspecified atom stereocenters. The molecular formula is C9H11IS. The Balaban J connectivity index is 3.21. The van der Waals surface area contributed by atoms with Gasteiger partial charge in [0.05, 0.1) is 0 Å². The fourth-order valence-electron chi connectivity index (χ4n) is 1.04. The van der Waals surface area contributed by atoms with Crippen molar-refractivity contribution in [2.75, 3.05) is 0 Å². The average molecular weight is 278 g/mol. The zero-order valence-electron chi connectivity index (χ0n) is 6.94.